The van der Waals surface area contributed by atoms with Gasteiger partial charge in [0.15, 0.2) is 5.75 Å². The van der Waals surface area contributed by atoms with Gasteiger partial charge in [-0.2, -0.15) is 0 Å². The van der Waals surface area contributed by atoms with E-state index in [1.165, 1.54) is 0 Å². The maximum Gasteiger partial charge on any atom is 0.292 e. The molecule has 0 atom stereocenters. The Morgan fingerprint density at radius 1 is 1.35 bits per heavy atom. The molecule has 0 aromatic carbocycles. The number of hydrogen-bond acceptors (Lipinski definition) is 4. The monoisotopic (exact) mass is 321 g/mol. The van der Waals surface area contributed by atoms with E-state index >= 15 is 0 Å². The summed E-state index contributed by atoms with van der Waals surface area (Å²) in [6.07, 6.45) is 2.97. The van der Waals surface area contributed by atoms with Crippen molar-refractivity contribution in [1.82, 2.24) is 14.8 Å². The second-order valence-corrected chi connectivity index (χ2v) is 6.28. The molecule has 6 heteroatoms. The number of hydrogen-bond donors (Lipinski definition) is 1. The van der Waals surface area contributed by atoms with Gasteiger partial charge >= 0.3 is 0 Å². The second-order valence-electron chi connectivity index (χ2n) is 6.28. The number of amides is 1. The van der Waals surface area contributed by atoms with Crippen molar-refractivity contribution in [1.29, 1.82) is 0 Å². The molecule has 6 nitrogen and oxygen atoms in total. The lowest BCUT2D eigenvalue weighted by Crippen LogP contribution is -2.46. The standard InChI is InChI=1S/C17H27N3O3/c1-14(2)6-13-23-15-4-3-9-20(17(15)22)10-5-16(21)19-11-7-18-8-12-19/h3-4,9,14,18H,5-8,10-13H2,1-2H3. The zero-order valence-corrected chi connectivity index (χ0v) is 14.1. The van der Waals surface area contributed by atoms with Crippen LogP contribution in [0.4, 0.5) is 0 Å². The molecule has 0 saturated carbocycles. The molecule has 0 spiro atoms. The summed E-state index contributed by atoms with van der Waals surface area (Å²) in [6.45, 7) is 8.33. The van der Waals surface area contributed by atoms with Gasteiger partial charge in [-0.1, -0.05) is 13.8 Å². The highest BCUT2D eigenvalue weighted by Crippen LogP contribution is 2.06. The first kappa shape index (κ1) is 17.5. The van der Waals surface area contributed by atoms with Crippen molar-refractivity contribution >= 4 is 5.91 Å². The van der Waals surface area contributed by atoms with Crippen molar-refractivity contribution in [3.05, 3.63) is 28.7 Å². The third-order valence-corrected chi connectivity index (χ3v) is 3.97. The van der Waals surface area contributed by atoms with Crippen LogP contribution in [0.15, 0.2) is 23.1 Å². The Kier molecular flexibility index (Phi) is 6.65. The van der Waals surface area contributed by atoms with Crippen molar-refractivity contribution in [3.8, 4) is 5.75 Å². The van der Waals surface area contributed by atoms with Gasteiger partial charge in [-0.05, 0) is 24.5 Å². The van der Waals surface area contributed by atoms with Crippen LogP contribution in [0.5, 0.6) is 5.75 Å². The van der Waals surface area contributed by atoms with E-state index in [-0.39, 0.29) is 11.5 Å². The largest absolute Gasteiger partial charge is 0.488 e. The summed E-state index contributed by atoms with van der Waals surface area (Å²) in [7, 11) is 0. The lowest BCUT2D eigenvalue weighted by atomic mass is 10.1. The molecular formula is C17H27N3O3. The molecule has 0 unspecified atom stereocenters. The van der Waals surface area contributed by atoms with Gasteiger partial charge in [0.2, 0.25) is 5.91 Å². The zero-order chi connectivity index (χ0) is 16.7. The van der Waals surface area contributed by atoms with E-state index in [2.05, 4.69) is 19.2 Å². The quantitative estimate of drug-likeness (QED) is 0.817. The Balaban J connectivity index is 1.89. The fraction of sp³-hybridized carbons (Fsp3) is 0.647. The van der Waals surface area contributed by atoms with Gasteiger partial charge in [0.05, 0.1) is 6.61 Å². The van der Waals surface area contributed by atoms with Crippen molar-refractivity contribution in [2.75, 3.05) is 32.8 Å². The molecule has 2 rings (SSSR count). The summed E-state index contributed by atoms with van der Waals surface area (Å²) in [6, 6.07) is 3.48. The first-order chi connectivity index (χ1) is 11.1. The van der Waals surface area contributed by atoms with Gasteiger partial charge < -0.3 is 19.5 Å². The number of rotatable bonds is 7. The van der Waals surface area contributed by atoms with Crippen LogP contribution in [0.25, 0.3) is 0 Å². The van der Waals surface area contributed by atoms with Crippen molar-refractivity contribution in [2.24, 2.45) is 5.92 Å². The van der Waals surface area contributed by atoms with Gasteiger partial charge in [0.1, 0.15) is 0 Å². The molecule has 1 aromatic rings. The number of nitrogens with one attached hydrogen (secondary N) is 1. The predicted molar refractivity (Wildman–Crippen MR) is 89.7 cm³/mol. The van der Waals surface area contributed by atoms with Gasteiger partial charge in [0.25, 0.3) is 5.56 Å². The van der Waals surface area contributed by atoms with Crippen molar-refractivity contribution in [3.63, 3.8) is 0 Å². The zero-order valence-electron chi connectivity index (χ0n) is 14.1. The maximum absolute atomic E-state index is 12.3. The van der Waals surface area contributed by atoms with Gasteiger partial charge in [-0.3, -0.25) is 9.59 Å². The van der Waals surface area contributed by atoms with Gasteiger partial charge in [-0.25, -0.2) is 0 Å². The minimum absolute atomic E-state index is 0.101. The highest BCUT2D eigenvalue weighted by Gasteiger charge is 2.16. The Morgan fingerprint density at radius 3 is 2.78 bits per heavy atom. The van der Waals surface area contributed by atoms with Crippen LogP contribution in [0.3, 0.4) is 0 Å². The van der Waals surface area contributed by atoms with Gasteiger partial charge in [0, 0.05) is 45.3 Å². The number of ether oxygens (including phenoxy) is 1. The molecular weight excluding hydrogens is 294 g/mol. The number of carbonyl (C=O) groups excluding carboxylic acids is 1. The summed E-state index contributed by atoms with van der Waals surface area (Å²) < 4.78 is 7.13. The van der Waals surface area contributed by atoms with E-state index in [1.54, 1.807) is 22.9 Å². The molecule has 0 bridgehead atoms. The van der Waals surface area contributed by atoms with Crippen LogP contribution in [-0.4, -0.2) is 48.2 Å². The highest BCUT2D eigenvalue weighted by atomic mass is 16.5. The van der Waals surface area contributed by atoms with E-state index < -0.39 is 0 Å². The summed E-state index contributed by atoms with van der Waals surface area (Å²) >= 11 is 0. The number of nitrogens with zero attached hydrogens (tertiary/aromatic N) is 2. The van der Waals surface area contributed by atoms with E-state index in [1.807, 2.05) is 4.90 Å². The Bertz CT molecular complexity index is 562. The molecule has 1 aromatic heterocycles. The number of aromatic nitrogens is 1. The van der Waals surface area contributed by atoms with Crippen LogP contribution in [-0.2, 0) is 11.3 Å². The molecule has 128 valence electrons. The fourth-order valence-electron chi connectivity index (χ4n) is 2.49. The van der Waals surface area contributed by atoms with E-state index in [9.17, 15) is 9.59 Å². The van der Waals surface area contributed by atoms with Crippen LogP contribution in [0, 0.1) is 5.92 Å². The number of aryl methyl sites for hydroxylation is 1. The number of pyridine rings is 1. The summed E-state index contributed by atoms with van der Waals surface area (Å²) in [5.74, 6) is 1.00. The molecule has 1 aliphatic rings. The molecule has 0 radical (unpaired) electrons. The maximum atomic E-state index is 12.3. The minimum Gasteiger partial charge on any atom is -0.488 e. The van der Waals surface area contributed by atoms with Crippen LogP contribution >= 0.6 is 0 Å². The molecule has 1 aliphatic heterocycles. The topological polar surface area (TPSA) is 63.6 Å². The summed E-state index contributed by atoms with van der Waals surface area (Å²) in [5, 5.41) is 3.22. The molecule has 1 N–H and O–H groups in total. The predicted octanol–water partition coefficient (Wildman–Crippen LogP) is 1.10. The third-order valence-electron chi connectivity index (χ3n) is 3.97. The summed E-state index contributed by atoms with van der Waals surface area (Å²) in [4.78, 5) is 26.4. The Hall–Kier alpha value is -1.82. The molecule has 2 heterocycles. The SMILES string of the molecule is CC(C)CCOc1cccn(CCC(=O)N2CCNCC2)c1=O. The van der Waals surface area contributed by atoms with Crippen molar-refractivity contribution < 1.29 is 9.53 Å². The molecule has 0 aliphatic carbocycles. The average Bonchev–Trinajstić information content (AvgIpc) is 2.55. The Morgan fingerprint density at radius 2 is 2.09 bits per heavy atom. The first-order valence-corrected chi connectivity index (χ1v) is 8.38. The minimum atomic E-state index is -0.163. The molecule has 1 amide bonds. The number of carbonyl (C=O) groups is 1. The molecule has 1 fully saturated rings. The lowest BCUT2D eigenvalue weighted by molar-refractivity contribution is -0.132. The molecule has 1 saturated heterocycles. The number of piperazine rings is 1. The van der Waals surface area contributed by atoms with Crippen LogP contribution < -0.4 is 15.6 Å². The average molecular weight is 321 g/mol. The normalized spacial score (nSPS) is 15.0. The second kappa shape index (κ2) is 8.72. The lowest BCUT2D eigenvalue weighted by Gasteiger charge is -2.27. The molecule has 23 heavy (non-hydrogen) atoms. The van der Waals surface area contributed by atoms with E-state index in [0.29, 0.717) is 31.2 Å². The smallest absolute Gasteiger partial charge is 0.292 e. The third kappa shape index (κ3) is 5.39. The van der Waals surface area contributed by atoms with E-state index in [0.717, 1.165) is 32.6 Å². The fourth-order valence-corrected chi connectivity index (χ4v) is 2.49. The highest BCUT2D eigenvalue weighted by molar-refractivity contribution is 5.76. The van der Waals surface area contributed by atoms with Crippen LogP contribution in [0.2, 0.25) is 0 Å². The first-order valence-electron chi connectivity index (χ1n) is 8.38. The van der Waals surface area contributed by atoms with E-state index in [4.69, 9.17) is 4.74 Å². The van der Waals surface area contributed by atoms with Crippen LogP contribution in [0.1, 0.15) is 26.7 Å². The van der Waals surface area contributed by atoms with Gasteiger partial charge in [-0.15, -0.1) is 0 Å². The summed E-state index contributed by atoms with van der Waals surface area (Å²) in [5.41, 5.74) is -0.163. The van der Waals surface area contributed by atoms with Crippen molar-refractivity contribution in [2.45, 2.75) is 33.2 Å². The Labute approximate surface area is 137 Å².